The molecule has 1 aromatic rings. The molecule has 2 heteroatoms. The summed E-state index contributed by atoms with van der Waals surface area (Å²) in [6, 6.07) is 2.10. The van der Waals surface area contributed by atoms with E-state index < -0.39 is 0 Å². The number of rotatable bonds is 3. The zero-order valence-electron chi connectivity index (χ0n) is 8.09. The summed E-state index contributed by atoms with van der Waals surface area (Å²) in [6.07, 6.45) is 3.30. The van der Waals surface area contributed by atoms with E-state index in [2.05, 4.69) is 13.0 Å². The van der Waals surface area contributed by atoms with Gasteiger partial charge in [0.15, 0.2) is 5.78 Å². The van der Waals surface area contributed by atoms with Crippen molar-refractivity contribution in [2.75, 3.05) is 0 Å². The summed E-state index contributed by atoms with van der Waals surface area (Å²) in [4.78, 5) is 14.0. The summed E-state index contributed by atoms with van der Waals surface area (Å²) < 4.78 is 0. The lowest BCUT2D eigenvalue weighted by Crippen LogP contribution is -1.98. The highest BCUT2D eigenvalue weighted by molar-refractivity contribution is 7.14. The quantitative estimate of drug-likeness (QED) is 0.674. The maximum atomic E-state index is 11.7. The lowest BCUT2D eigenvalue weighted by Gasteiger charge is -1.96. The molecule has 70 valence electrons. The fraction of sp³-hybridized carbons (Fsp3) is 0.545. The number of Topliss-reactive ketones (excluding diaryl/α,β-unsaturated/α-hetero) is 1. The van der Waals surface area contributed by atoms with Crippen LogP contribution in [-0.2, 0) is 0 Å². The monoisotopic (exact) mass is 194 g/mol. The van der Waals surface area contributed by atoms with Crippen molar-refractivity contribution >= 4 is 17.1 Å². The molecule has 0 atom stereocenters. The van der Waals surface area contributed by atoms with Crippen molar-refractivity contribution in [1.82, 2.24) is 0 Å². The van der Waals surface area contributed by atoms with E-state index >= 15 is 0 Å². The molecule has 1 aliphatic rings. The Morgan fingerprint density at radius 2 is 2.23 bits per heavy atom. The second-order valence-corrected chi connectivity index (χ2v) is 5.20. The van der Waals surface area contributed by atoms with E-state index in [1.54, 1.807) is 11.3 Å². The van der Waals surface area contributed by atoms with Gasteiger partial charge in [0.2, 0.25) is 0 Å². The number of hydrogen-bond donors (Lipinski definition) is 0. The van der Waals surface area contributed by atoms with E-state index in [0.29, 0.717) is 11.7 Å². The summed E-state index contributed by atoms with van der Waals surface area (Å²) in [5, 5.41) is 0. The number of aryl methyl sites for hydroxylation is 2. The third-order valence-electron chi connectivity index (χ3n) is 2.47. The van der Waals surface area contributed by atoms with Crippen LogP contribution in [0.3, 0.4) is 0 Å². The van der Waals surface area contributed by atoms with E-state index in [1.807, 2.05) is 6.92 Å². The molecule has 1 fully saturated rings. The molecule has 0 aromatic carbocycles. The first-order valence-electron chi connectivity index (χ1n) is 4.77. The fourth-order valence-electron chi connectivity index (χ4n) is 1.60. The summed E-state index contributed by atoms with van der Waals surface area (Å²) in [5.74, 6) is 1.06. The molecule has 0 bridgehead atoms. The first-order valence-corrected chi connectivity index (χ1v) is 5.58. The Morgan fingerprint density at radius 3 is 2.69 bits per heavy atom. The predicted molar refractivity (Wildman–Crippen MR) is 55.5 cm³/mol. The molecular formula is C11H14OS. The van der Waals surface area contributed by atoms with Crippen molar-refractivity contribution in [2.45, 2.75) is 33.1 Å². The van der Waals surface area contributed by atoms with Gasteiger partial charge in [0, 0.05) is 11.3 Å². The highest BCUT2D eigenvalue weighted by Crippen LogP contribution is 2.35. The largest absolute Gasteiger partial charge is 0.293 e. The van der Waals surface area contributed by atoms with E-state index in [4.69, 9.17) is 0 Å². The summed E-state index contributed by atoms with van der Waals surface area (Å²) >= 11 is 1.64. The van der Waals surface area contributed by atoms with Crippen LogP contribution in [0.1, 0.15) is 39.4 Å². The number of carbonyl (C=O) groups excluding carboxylic acids is 1. The van der Waals surface area contributed by atoms with Crippen LogP contribution in [0.5, 0.6) is 0 Å². The van der Waals surface area contributed by atoms with Crippen molar-refractivity contribution in [1.29, 1.82) is 0 Å². The van der Waals surface area contributed by atoms with E-state index in [-0.39, 0.29) is 0 Å². The second kappa shape index (κ2) is 3.26. The molecule has 13 heavy (non-hydrogen) atoms. The number of hydrogen-bond acceptors (Lipinski definition) is 2. The van der Waals surface area contributed by atoms with Gasteiger partial charge < -0.3 is 0 Å². The van der Waals surface area contributed by atoms with Gasteiger partial charge in [-0.15, -0.1) is 11.3 Å². The van der Waals surface area contributed by atoms with Gasteiger partial charge in [-0.2, -0.15) is 0 Å². The number of ketones is 1. The first kappa shape index (κ1) is 8.95. The van der Waals surface area contributed by atoms with Gasteiger partial charge >= 0.3 is 0 Å². The molecule has 0 saturated heterocycles. The van der Waals surface area contributed by atoms with Crippen molar-refractivity contribution in [3.8, 4) is 0 Å². The van der Waals surface area contributed by atoms with Crippen molar-refractivity contribution in [2.24, 2.45) is 5.92 Å². The van der Waals surface area contributed by atoms with Gasteiger partial charge in [-0.05, 0) is 44.2 Å². The molecule has 0 amide bonds. The third-order valence-corrected chi connectivity index (χ3v) is 3.66. The summed E-state index contributed by atoms with van der Waals surface area (Å²) in [6.45, 7) is 4.09. The molecule has 0 aliphatic heterocycles. The molecule has 1 aromatic heterocycles. The van der Waals surface area contributed by atoms with Crippen molar-refractivity contribution in [3.63, 3.8) is 0 Å². The topological polar surface area (TPSA) is 17.1 Å². The molecule has 0 spiro atoms. The van der Waals surface area contributed by atoms with Crippen LogP contribution >= 0.6 is 11.3 Å². The Kier molecular flexibility index (Phi) is 2.24. The van der Waals surface area contributed by atoms with Gasteiger partial charge in [0.25, 0.3) is 0 Å². The zero-order valence-corrected chi connectivity index (χ0v) is 8.91. The Bertz CT molecular complexity index is 334. The minimum absolute atomic E-state index is 0.359. The number of thiophene rings is 1. The second-order valence-electron chi connectivity index (χ2n) is 3.94. The van der Waals surface area contributed by atoms with Crippen LogP contribution in [0.2, 0.25) is 0 Å². The molecule has 1 heterocycles. The van der Waals surface area contributed by atoms with Crippen LogP contribution in [0.25, 0.3) is 0 Å². The molecule has 1 saturated carbocycles. The van der Waals surface area contributed by atoms with Crippen LogP contribution in [0.15, 0.2) is 6.07 Å². The van der Waals surface area contributed by atoms with E-state index in [9.17, 15) is 4.79 Å². The highest BCUT2D eigenvalue weighted by Gasteiger charge is 2.26. The minimum Gasteiger partial charge on any atom is -0.293 e. The van der Waals surface area contributed by atoms with Gasteiger partial charge in [-0.25, -0.2) is 0 Å². The van der Waals surface area contributed by atoms with Crippen LogP contribution in [0.4, 0.5) is 0 Å². The molecule has 2 rings (SSSR count). The molecule has 0 unspecified atom stereocenters. The maximum absolute atomic E-state index is 11.7. The number of carbonyl (C=O) groups is 1. The highest BCUT2D eigenvalue weighted by atomic mass is 32.1. The Morgan fingerprint density at radius 1 is 1.54 bits per heavy atom. The zero-order chi connectivity index (χ0) is 9.42. The average Bonchev–Trinajstić information content (AvgIpc) is 2.77. The molecule has 0 N–H and O–H groups in total. The summed E-state index contributed by atoms with van der Waals surface area (Å²) in [7, 11) is 0. The summed E-state index contributed by atoms with van der Waals surface area (Å²) in [5.41, 5.74) is 1.16. The Labute approximate surface area is 82.8 Å². The molecule has 0 radical (unpaired) electrons. The van der Waals surface area contributed by atoms with Crippen molar-refractivity contribution < 1.29 is 4.79 Å². The normalized spacial score (nSPS) is 16.2. The van der Waals surface area contributed by atoms with E-state index in [0.717, 1.165) is 16.9 Å². The molecule has 1 nitrogen and oxygen atoms in total. The van der Waals surface area contributed by atoms with Gasteiger partial charge in [0.05, 0.1) is 4.88 Å². The van der Waals surface area contributed by atoms with Crippen LogP contribution in [0, 0.1) is 19.8 Å². The lowest BCUT2D eigenvalue weighted by atomic mass is 10.1. The maximum Gasteiger partial charge on any atom is 0.173 e. The fourth-order valence-corrected chi connectivity index (χ4v) is 2.57. The van der Waals surface area contributed by atoms with Gasteiger partial charge in [0.1, 0.15) is 0 Å². The average molecular weight is 194 g/mol. The minimum atomic E-state index is 0.359. The SMILES string of the molecule is Cc1cc(C)c(C(=O)CC2CC2)s1. The van der Waals surface area contributed by atoms with E-state index in [1.165, 1.54) is 17.7 Å². The standard InChI is InChI=1S/C11H14OS/c1-7-5-8(2)13-11(7)10(12)6-9-3-4-9/h5,9H,3-4,6H2,1-2H3. The van der Waals surface area contributed by atoms with Crippen molar-refractivity contribution in [3.05, 3.63) is 21.4 Å². The Balaban J connectivity index is 2.13. The van der Waals surface area contributed by atoms with Crippen LogP contribution < -0.4 is 0 Å². The van der Waals surface area contributed by atoms with Gasteiger partial charge in [-0.3, -0.25) is 4.79 Å². The third kappa shape index (κ3) is 1.99. The molecule has 1 aliphatic carbocycles. The lowest BCUT2D eigenvalue weighted by molar-refractivity contribution is 0.0979. The molecular weight excluding hydrogens is 180 g/mol. The van der Waals surface area contributed by atoms with Crippen LogP contribution in [-0.4, -0.2) is 5.78 Å². The Hall–Kier alpha value is -0.630. The first-order chi connectivity index (χ1) is 6.16. The predicted octanol–water partition coefficient (Wildman–Crippen LogP) is 3.35. The smallest absolute Gasteiger partial charge is 0.173 e. The van der Waals surface area contributed by atoms with Gasteiger partial charge in [-0.1, -0.05) is 0 Å².